The molecule has 2 amide bonds. The van der Waals surface area contributed by atoms with E-state index in [0.717, 1.165) is 6.54 Å². The first-order chi connectivity index (χ1) is 8.10. The standard InChI is InChI=1S/C11H21N3O3/c1-4-13-9-6-17-5-8(9)11(16)14-7(2)10(15)12-3/h7-9,13H,4-6H2,1-3H3,(H,12,15)(H,14,16). The molecule has 98 valence electrons. The molecule has 1 aliphatic rings. The van der Waals surface area contributed by atoms with Gasteiger partial charge in [0.2, 0.25) is 11.8 Å². The van der Waals surface area contributed by atoms with Crippen LogP contribution >= 0.6 is 0 Å². The molecule has 0 bridgehead atoms. The lowest BCUT2D eigenvalue weighted by molar-refractivity contribution is -0.130. The van der Waals surface area contributed by atoms with E-state index in [1.54, 1.807) is 14.0 Å². The molecule has 0 spiro atoms. The maximum absolute atomic E-state index is 12.0. The summed E-state index contributed by atoms with van der Waals surface area (Å²) in [5.74, 6) is -0.552. The van der Waals surface area contributed by atoms with E-state index in [1.165, 1.54) is 0 Å². The van der Waals surface area contributed by atoms with E-state index < -0.39 is 6.04 Å². The molecule has 17 heavy (non-hydrogen) atoms. The Morgan fingerprint density at radius 3 is 2.71 bits per heavy atom. The maximum atomic E-state index is 12.0. The van der Waals surface area contributed by atoms with Crippen LogP contribution in [-0.2, 0) is 14.3 Å². The molecule has 1 rings (SSSR count). The second-order valence-corrected chi connectivity index (χ2v) is 4.15. The molecule has 1 aliphatic heterocycles. The lowest BCUT2D eigenvalue weighted by atomic mass is 10.0. The second kappa shape index (κ2) is 6.56. The van der Waals surface area contributed by atoms with Crippen LogP contribution in [0.4, 0.5) is 0 Å². The van der Waals surface area contributed by atoms with E-state index in [0.29, 0.717) is 13.2 Å². The number of rotatable bonds is 5. The normalized spacial score (nSPS) is 25.4. The SMILES string of the molecule is CCNC1COCC1C(=O)NC(C)C(=O)NC. The number of hydrogen-bond donors (Lipinski definition) is 3. The Hall–Kier alpha value is -1.14. The first-order valence-corrected chi connectivity index (χ1v) is 5.93. The monoisotopic (exact) mass is 243 g/mol. The molecule has 0 radical (unpaired) electrons. The van der Waals surface area contributed by atoms with Gasteiger partial charge < -0.3 is 20.7 Å². The molecular weight excluding hydrogens is 222 g/mol. The molecule has 1 saturated heterocycles. The molecule has 1 heterocycles. The Labute approximate surface area is 101 Å². The van der Waals surface area contributed by atoms with Gasteiger partial charge in [0.05, 0.1) is 19.1 Å². The van der Waals surface area contributed by atoms with E-state index in [2.05, 4.69) is 16.0 Å². The van der Waals surface area contributed by atoms with Crippen LogP contribution in [0.1, 0.15) is 13.8 Å². The van der Waals surface area contributed by atoms with Crippen molar-refractivity contribution in [3.8, 4) is 0 Å². The van der Waals surface area contributed by atoms with Crippen molar-refractivity contribution in [2.45, 2.75) is 25.9 Å². The van der Waals surface area contributed by atoms with Crippen molar-refractivity contribution in [3.05, 3.63) is 0 Å². The minimum Gasteiger partial charge on any atom is -0.379 e. The van der Waals surface area contributed by atoms with E-state index >= 15 is 0 Å². The van der Waals surface area contributed by atoms with Crippen LogP contribution in [0.15, 0.2) is 0 Å². The molecule has 3 atom stereocenters. The van der Waals surface area contributed by atoms with Crippen LogP contribution in [-0.4, -0.2) is 50.7 Å². The summed E-state index contributed by atoms with van der Waals surface area (Å²) < 4.78 is 5.29. The lowest BCUT2D eigenvalue weighted by Crippen LogP contribution is -2.50. The molecule has 0 saturated carbocycles. The van der Waals surface area contributed by atoms with Crippen molar-refractivity contribution < 1.29 is 14.3 Å². The molecule has 0 aromatic carbocycles. The number of ether oxygens (including phenoxy) is 1. The summed E-state index contributed by atoms with van der Waals surface area (Å²) in [4.78, 5) is 23.2. The third-order valence-electron chi connectivity index (χ3n) is 2.88. The van der Waals surface area contributed by atoms with Gasteiger partial charge in [-0.05, 0) is 13.5 Å². The Morgan fingerprint density at radius 1 is 1.41 bits per heavy atom. The second-order valence-electron chi connectivity index (χ2n) is 4.15. The number of carbonyl (C=O) groups excluding carboxylic acids is 2. The molecule has 6 heteroatoms. The average molecular weight is 243 g/mol. The van der Waals surface area contributed by atoms with Gasteiger partial charge in [0.1, 0.15) is 6.04 Å². The molecule has 6 nitrogen and oxygen atoms in total. The van der Waals surface area contributed by atoms with Gasteiger partial charge in [-0.1, -0.05) is 6.92 Å². The third kappa shape index (κ3) is 3.67. The summed E-state index contributed by atoms with van der Waals surface area (Å²) in [5.41, 5.74) is 0. The zero-order valence-corrected chi connectivity index (χ0v) is 10.6. The van der Waals surface area contributed by atoms with Crippen LogP contribution < -0.4 is 16.0 Å². The van der Waals surface area contributed by atoms with Crippen molar-refractivity contribution in [2.75, 3.05) is 26.8 Å². The summed E-state index contributed by atoms with van der Waals surface area (Å²) >= 11 is 0. The van der Waals surface area contributed by atoms with Crippen LogP contribution in [0.2, 0.25) is 0 Å². The van der Waals surface area contributed by atoms with Gasteiger partial charge in [-0.15, -0.1) is 0 Å². The van der Waals surface area contributed by atoms with E-state index in [9.17, 15) is 9.59 Å². The van der Waals surface area contributed by atoms with Gasteiger partial charge in [0.25, 0.3) is 0 Å². The van der Waals surface area contributed by atoms with Crippen LogP contribution in [0.25, 0.3) is 0 Å². The Balaban J connectivity index is 2.49. The highest BCUT2D eigenvalue weighted by molar-refractivity contribution is 5.88. The molecular formula is C11H21N3O3. The van der Waals surface area contributed by atoms with Crippen LogP contribution in [0.5, 0.6) is 0 Å². The predicted octanol–water partition coefficient (Wildman–Crippen LogP) is -1.14. The van der Waals surface area contributed by atoms with E-state index in [-0.39, 0.29) is 23.8 Å². The van der Waals surface area contributed by atoms with Crippen LogP contribution in [0.3, 0.4) is 0 Å². The largest absolute Gasteiger partial charge is 0.379 e. The van der Waals surface area contributed by atoms with Crippen molar-refractivity contribution in [1.29, 1.82) is 0 Å². The fourth-order valence-corrected chi connectivity index (χ4v) is 1.88. The number of hydrogen-bond acceptors (Lipinski definition) is 4. The van der Waals surface area contributed by atoms with Crippen LogP contribution in [0, 0.1) is 5.92 Å². The summed E-state index contributed by atoms with van der Waals surface area (Å²) in [5, 5.41) is 8.39. The summed E-state index contributed by atoms with van der Waals surface area (Å²) in [6, 6.07) is -0.479. The van der Waals surface area contributed by atoms with Gasteiger partial charge in [0, 0.05) is 13.1 Å². The molecule has 0 aromatic heterocycles. The zero-order valence-electron chi connectivity index (χ0n) is 10.6. The van der Waals surface area contributed by atoms with Crippen molar-refractivity contribution in [3.63, 3.8) is 0 Å². The fraction of sp³-hybridized carbons (Fsp3) is 0.818. The molecule has 3 N–H and O–H groups in total. The van der Waals surface area contributed by atoms with Gasteiger partial charge in [-0.3, -0.25) is 9.59 Å². The van der Waals surface area contributed by atoms with Gasteiger partial charge >= 0.3 is 0 Å². The molecule has 3 unspecified atom stereocenters. The van der Waals surface area contributed by atoms with Gasteiger partial charge in [-0.25, -0.2) is 0 Å². The van der Waals surface area contributed by atoms with Crippen molar-refractivity contribution >= 4 is 11.8 Å². The van der Waals surface area contributed by atoms with Crippen molar-refractivity contribution in [1.82, 2.24) is 16.0 Å². The summed E-state index contributed by atoms with van der Waals surface area (Å²) in [7, 11) is 1.55. The Kier molecular flexibility index (Phi) is 5.37. The topological polar surface area (TPSA) is 79.5 Å². The predicted molar refractivity (Wildman–Crippen MR) is 63.4 cm³/mol. The zero-order chi connectivity index (χ0) is 12.8. The number of carbonyl (C=O) groups is 2. The quantitative estimate of drug-likeness (QED) is 0.570. The number of amides is 2. The first-order valence-electron chi connectivity index (χ1n) is 5.93. The number of nitrogens with one attached hydrogen (secondary N) is 3. The third-order valence-corrected chi connectivity index (χ3v) is 2.88. The maximum Gasteiger partial charge on any atom is 0.242 e. The van der Waals surface area contributed by atoms with Gasteiger partial charge in [-0.2, -0.15) is 0 Å². The molecule has 0 aliphatic carbocycles. The van der Waals surface area contributed by atoms with E-state index in [1.807, 2.05) is 6.92 Å². The summed E-state index contributed by atoms with van der Waals surface area (Å²) in [6.07, 6.45) is 0. The Morgan fingerprint density at radius 2 is 2.12 bits per heavy atom. The van der Waals surface area contributed by atoms with Crippen molar-refractivity contribution in [2.24, 2.45) is 5.92 Å². The fourth-order valence-electron chi connectivity index (χ4n) is 1.88. The highest BCUT2D eigenvalue weighted by Crippen LogP contribution is 2.13. The minimum absolute atomic E-state index is 0.0388. The lowest BCUT2D eigenvalue weighted by Gasteiger charge is -2.20. The van der Waals surface area contributed by atoms with Gasteiger partial charge in [0.15, 0.2) is 0 Å². The highest BCUT2D eigenvalue weighted by Gasteiger charge is 2.34. The summed E-state index contributed by atoms with van der Waals surface area (Å²) in [6.45, 7) is 5.39. The van der Waals surface area contributed by atoms with E-state index in [4.69, 9.17) is 4.74 Å². The first kappa shape index (κ1) is 13.9. The number of likely N-dealkylation sites (N-methyl/N-ethyl adjacent to an activating group) is 2. The molecule has 0 aromatic rings. The minimum atomic E-state index is -0.518. The highest BCUT2D eigenvalue weighted by atomic mass is 16.5. The Bertz CT molecular complexity index is 283. The average Bonchev–Trinajstić information content (AvgIpc) is 2.76. The smallest absolute Gasteiger partial charge is 0.242 e. The molecule has 1 fully saturated rings.